The molecule has 0 aliphatic heterocycles. The monoisotopic (exact) mass is 254 g/mol. The summed E-state index contributed by atoms with van der Waals surface area (Å²) in [7, 11) is 1.87. The van der Waals surface area contributed by atoms with Crippen LogP contribution in [-0.4, -0.2) is 4.57 Å². The number of nitrogens with zero attached hydrogens (tertiary/aromatic N) is 1. The summed E-state index contributed by atoms with van der Waals surface area (Å²) in [4.78, 5) is 0. The van der Waals surface area contributed by atoms with Crippen molar-refractivity contribution >= 4 is 5.69 Å². The number of aryl methyl sites for hydroxylation is 1. The molecule has 2 rings (SSSR count). The van der Waals surface area contributed by atoms with E-state index in [1.807, 2.05) is 30.1 Å². The predicted molar refractivity (Wildman–Crippen MR) is 64.2 cm³/mol. The standard InChI is InChI=1S/C13H13F3N2/c1-18-7-6-10(9-18)8-17-12-5-3-2-4-11(12)13(14,15)16/h2-7,9,17H,8H2,1H3. The van der Waals surface area contributed by atoms with Crippen LogP contribution >= 0.6 is 0 Å². The molecule has 2 nitrogen and oxygen atoms in total. The largest absolute Gasteiger partial charge is 0.418 e. The fourth-order valence-electron chi connectivity index (χ4n) is 1.75. The Kier molecular flexibility index (Phi) is 3.32. The number of benzene rings is 1. The Balaban J connectivity index is 2.14. The lowest BCUT2D eigenvalue weighted by Gasteiger charge is -2.13. The van der Waals surface area contributed by atoms with Gasteiger partial charge in [0.25, 0.3) is 0 Å². The Hall–Kier alpha value is -1.91. The van der Waals surface area contributed by atoms with Crippen molar-refractivity contribution in [3.8, 4) is 0 Å². The van der Waals surface area contributed by atoms with Crippen molar-refractivity contribution in [2.75, 3.05) is 5.32 Å². The van der Waals surface area contributed by atoms with Gasteiger partial charge in [0.15, 0.2) is 0 Å². The van der Waals surface area contributed by atoms with Crippen molar-refractivity contribution in [1.82, 2.24) is 4.57 Å². The van der Waals surface area contributed by atoms with Crippen molar-refractivity contribution in [2.45, 2.75) is 12.7 Å². The molecule has 0 bridgehead atoms. The van der Waals surface area contributed by atoms with E-state index in [-0.39, 0.29) is 5.69 Å². The average Bonchev–Trinajstić information content (AvgIpc) is 2.72. The van der Waals surface area contributed by atoms with Gasteiger partial charge in [-0.3, -0.25) is 0 Å². The van der Waals surface area contributed by atoms with E-state index in [0.29, 0.717) is 6.54 Å². The van der Waals surface area contributed by atoms with Crippen LogP contribution in [0.5, 0.6) is 0 Å². The van der Waals surface area contributed by atoms with Crippen molar-refractivity contribution in [3.63, 3.8) is 0 Å². The zero-order valence-corrected chi connectivity index (χ0v) is 9.83. The molecule has 0 aliphatic carbocycles. The Bertz CT molecular complexity index is 529. The number of anilines is 1. The minimum atomic E-state index is -4.33. The van der Waals surface area contributed by atoms with Gasteiger partial charge in [0, 0.05) is 31.7 Å². The Morgan fingerprint density at radius 2 is 1.89 bits per heavy atom. The molecule has 0 spiro atoms. The van der Waals surface area contributed by atoms with Crippen LogP contribution in [0, 0.1) is 0 Å². The number of nitrogens with one attached hydrogen (secondary N) is 1. The summed E-state index contributed by atoms with van der Waals surface area (Å²) < 4.78 is 40.1. The summed E-state index contributed by atoms with van der Waals surface area (Å²) in [6, 6.07) is 7.35. The number of alkyl halides is 3. The molecule has 0 unspecified atom stereocenters. The molecule has 0 amide bonds. The Morgan fingerprint density at radius 3 is 2.50 bits per heavy atom. The van der Waals surface area contributed by atoms with E-state index >= 15 is 0 Å². The summed E-state index contributed by atoms with van der Waals surface area (Å²) in [6.07, 6.45) is -0.615. The maximum Gasteiger partial charge on any atom is 0.418 e. The third-order valence-corrected chi connectivity index (χ3v) is 2.61. The van der Waals surface area contributed by atoms with Gasteiger partial charge in [-0.05, 0) is 23.8 Å². The fourth-order valence-corrected chi connectivity index (χ4v) is 1.75. The van der Waals surface area contributed by atoms with Gasteiger partial charge in [0.05, 0.1) is 5.56 Å². The van der Waals surface area contributed by atoms with E-state index in [1.165, 1.54) is 12.1 Å². The molecule has 0 aliphatic rings. The number of halogens is 3. The fraction of sp³-hybridized carbons (Fsp3) is 0.231. The molecular formula is C13H13F3N2. The molecule has 1 aromatic heterocycles. The maximum atomic E-state index is 12.7. The second-order valence-corrected chi connectivity index (χ2v) is 4.08. The number of rotatable bonds is 3. The maximum absolute atomic E-state index is 12.7. The van der Waals surface area contributed by atoms with E-state index in [0.717, 1.165) is 11.6 Å². The molecule has 0 fully saturated rings. The molecule has 2 aromatic rings. The van der Waals surface area contributed by atoms with Crippen LogP contribution in [0.15, 0.2) is 42.7 Å². The zero-order valence-electron chi connectivity index (χ0n) is 9.83. The molecular weight excluding hydrogens is 241 g/mol. The summed E-state index contributed by atoms with van der Waals surface area (Å²) in [5.41, 5.74) is 0.407. The predicted octanol–water partition coefficient (Wildman–Crippen LogP) is 3.66. The average molecular weight is 254 g/mol. The number of aromatic nitrogens is 1. The van der Waals surface area contributed by atoms with Crippen LogP contribution < -0.4 is 5.32 Å². The number of para-hydroxylation sites is 1. The molecule has 0 saturated heterocycles. The third-order valence-electron chi connectivity index (χ3n) is 2.61. The summed E-state index contributed by atoms with van der Waals surface area (Å²) in [5.74, 6) is 0. The van der Waals surface area contributed by atoms with Gasteiger partial charge in [-0.1, -0.05) is 12.1 Å². The highest BCUT2D eigenvalue weighted by molar-refractivity contribution is 5.52. The first kappa shape index (κ1) is 12.5. The lowest BCUT2D eigenvalue weighted by atomic mass is 10.1. The molecule has 96 valence electrons. The van der Waals surface area contributed by atoms with Crippen LogP contribution in [0.25, 0.3) is 0 Å². The second-order valence-electron chi connectivity index (χ2n) is 4.08. The second kappa shape index (κ2) is 4.76. The summed E-state index contributed by atoms with van der Waals surface area (Å²) in [5, 5.41) is 2.82. The van der Waals surface area contributed by atoms with Gasteiger partial charge in [-0.25, -0.2) is 0 Å². The van der Waals surface area contributed by atoms with Crippen LogP contribution in [0.1, 0.15) is 11.1 Å². The van der Waals surface area contributed by atoms with Crippen LogP contribution in [0.2, 0.25) is 0 Å². The quantitative estimate of drug-likeness (QED) is 0.884. The Labute approximate surface area is 103 Å². The highest BCUT2D eigenvalue weighted by atomic mass is 19.4. The van der Waals surface area contributed by atoms with E-state index < -0.39 is 11.7 Å². The lowest BCUT2D eigenvalue weighted by Crippen LogP contribution is -2.10. The topological polar surface area (TPSA) is 17.0 Å². The highest BCUT2D eigenvalue weighted by Gasteiger charge is 2.32. The van der Waals surface area contributed by atoms with Gasteiger partial charge in [0.2, 0.25) is 0 Å². The van der Waals surface area contributed by atoms with Gasteiger partial charge in [-0.2, -0.15) is 13.2 Å². The molecule has 0 saturated carbocycles. The minimum Gasteiger partial charge on any atom is -0.380 e. The van der Waals surface area contributed by atoms with Crippen LogP contribution in [0.4, 0.5) is 18.9 Å². The van der Waals surface area contributed by atoms with Crippen molar-refractivity contribution in [1.29, 1.82) is 0 Å². The molecule has 1 aromatic carbocycles. The highest BCUT2D eigenvalue weighted by Crippen LogP contribution is 2.34. The lowest BCUT2D eigenvalue weighted by molar-refractivity contribution is -0.136. The first-order valence-electron chi connectivity index (χ1n) is 5.48. The first-order chi connectivity index (χ1) is 8.47. The summed E-state index contributed by atoms with van der Waals surface area (Å²) >= 11 is 0. The van der Waals surface area contributed by atoms with E-state index in [4.69, 9.17) is 0 Å². The van der Waals surface area contributed by atoms with Crippen molar-refractivity contribution < 1.29 is 13.2 Å². The van der Waals surface area contributed by atoms with E-state index in [1.54, 1.807) is 6.07 Å². The van der Waals surface area contributed by atoms with Gasteiger partial charge >= 0.3 is 6.18 Å². The van der Waals surface area contributed by atoms with Crippen LogP contribution in [-0.2, 0) is 19.8 Å². The molecule has 1 N–H and O–H groups in total. The molecule has 18 heavy (non-hydrogen) atoms. The third kappa shape index (κ3) is 2.85. The van der Waals surface area contributed by atoms with Crippen molar-refractivity contribution in [2.24, 2.45) is 7.05 Å². The van der Waals surface area contributed by atoms with Gasteiger partial charge in [0.1, 0.15) is 0 Å². The van der Waals surface area contributed by atoms with Gasteiger partial charge in [-0.15, -0.1) is 0 Å². The summed E-state index contributed by atoms with van der Waals surface area (Å²) in [6.45, 7) is 0.369. The first-order valence-corrected chi connectivity index (χ1v) is 5.48. The molecule has 0 atom stereocenters. The molecule has 0 radical (unpaired) electrons. The molecule has 5 heteroatoms. The van der Waals surface area contributed by atoms with E-state index in [9.17, 15) is 13.2 Å². The number of hydrogen-bond donors (Lipinski definition) is 1. The smallest absolute Gasteiger partial charge is 0.380 e. The van der Waals surface area contributed by atoms with E-state index in [2.05, 4.69) is 5.32 Å². The molecule has 1 heterocycles. The van der Waals surface area contributed by atoms with Crippen molar-refractivity contribution in [3.05, 3.63) is 53.9 Å². The number of hydrogen-bond acceptors (Lipinski definition) is 1. The zero-order chi connectivity index (χ0) is 13.2. The minimum absolute atomic E-state index is 0.105. The SMILES string of the molecule is Cn1ccc(CNc2ccccc2C(F)(F)F)c1. The Morgan fingerprint density at radius 1 is 1.17 bits per heavy atom. The van der Waals surface area contributed by atoms with Gasteiger partial charge < -0.3 is 9.88 Å². The normalized spacial score (nSPS) is 11.6. The van der Waals surface area contributed by atoms with Crippen LogP contribution in [0.3, 0.4) is 0 Å².